The van der Waals surface area contributed by atoms with Crippen LogP contribution in [0.5, 0.6) is 5.75 Å². The lowest BCUT2D eigenvalue weighted by Crippen LogP contribution is -2.50. The van der Waals surface area contributed by atoms with Crippen LogP contribution in [0.3, 0.4) is 0 Å². The Labute approximate surface area is 255 Å². The molecule has 2 saturated carbocycles. The number of aliphatic hydroxyl groups is 2. The van der Waals surface area contributed by atoms with E-state index in [0.717, 1.165) is 44.9 Å². The number of anilines is 1. The number of nitrogens with two attached hydrogens (primary N) is 1. The standard InChI is InChI=1S/C30H40N5O8P/c1-29(28(37)30(38,18-41-29)24-15-14-23-26(31)32-19-33-35(23)24)17-42-44(39,43-22-10-6-3-7-11-22)34-25(21-8-4-2-5-9-21)27(36)40-16-20-12-13-20/h3,6-7,10-11,14-15,19-21,25,28,37-38H,2,4-5,8-9,12-13,16-18H2,1H3,(H,34,39)(H2,31,32,33)/t25-,28+,29+,30+,44?/m0/s1. The number of carbonyl (C=O) groups is 1. The molecule has 5 N–H and O–H groups in total. The molecule has 5 atom stereocenters. The molecule has 2 aromatic heterocycles. The number of benzene rings is 1. The van der Waals surface area contributed by atoms with E-state index >= 15 is 0 Å². The fraction of sp³-hybridized carbons (Fsp3) is 0.567. The Kier molecular flexibility index (Phi) is 8.71. The van der Waals surface area contributed by atoms with Crippen molar-refractivity contribution in [1.82, 2.24) is 19.7 Å². The van der Waals surface area contributed by atoms with E-state index in [0.29, 0.717) is 18.0 Å². The highest BCUT2D eigenvalue weighted by molar-refractivity contribution is 7.52. The van der Waals surface area contributed by atoms with Crippen molar-refractivity contribution in [3.63, 3.8) is 0 Å². The van der Waals surface area contributed by atoms with Gasteiger partial charge in [0.15, 0.2) is 11.4 Å². The predicted octanol–water partition coefficient (Wildman–Crippen LogP) is 3.34. The van der Waals surface area contributed by atoms with Crippen molar-refractivity contribution < 1.29 is 38.1 Å². The van der Waals surface area contributed by atoms with Crippen LogP contribution in [0.4, 0.5) is 5.82 Å². The number of nitrogen functional groups attached to an aromatic ring is 1. The molecular weight excluding hydrogens is 589 g/mol. The van der Waals surface area contributed by atoms with Crippen LogP contribution in [0, 0.1) is 11.8 Å². The van der Waals surface area contributed by atoms with Crippen LogP contribution >= 0.6 is 7.75 Å². The molecule has 1 unspecified atom stereocenters. The van der Waals surface area contributed by atoms with Crippen molar-refractivity contribution in [2.45, 2.75) is 75.2 Å². The molecule has 0 spiro atoms. The lowest BCUT2D eigenvalue weighted by atomic mass is 9.84. The topological polar surface area (TPSA) is 180 Å². The van der Waals surface area contributed by atoms with Crippen molar-refractivity contribution in [3.8, 4) is 5.75 Å². The first-order valence-electron chi connectivity index (χ1n) is 15.2. The smallest absolute Gasteiger partial charge is 0.459 e. The Bertz CT molecular complexity index is 1510. The van der Waals surface area contributed by atoms with Crippen molar-refractivity contribution in [2.24, 2.45) is 11.8 Å². The second-order valence-corrected chi connectivity index (χ2v) is 14.0. The maximum absolute atomic E-state index is 14.5. The second-order valence-electron chi connectivity index (χ2n) is 12.3. The van der Waals surface area contributed by atoms with E-state index in [1.807, 2.05) is 0 Å². The van der Waals surface area contributed by atoms with Gasteiger partial charge in [0.25, 0.3) is 0 Å². The molecular formula is C30H40N5O8P. The Morgan fingerprint density at radius 2 is 1.93 bits per heavy atom. The molecule has 3 aliphatic rings. The van der Waals surface area contributed by atoms with Gasteiger partial charge in [-0.2, -0.15) is 10.2 Å². The van der Waals surface area contributed by atoms with Gasteiger partial charge >= 0.3 is 13.7 Å². The molecule has 13 nitrogen and oxygen atoms in total. The number of rotatable bonds is 12. The third kappa shape index (κ3) is 6.35. The van der Waals surface area contributed by atoms with Gasteiger partial charge in [-0.3, -0.25) is 9.32 Å². The number of carbonyl (C=O) groups excluding carboxylic acids is 1. The van der Waals surface area contributed by atoms with Gasteiger partial charge in [0.1, 0.15) is 35.3 Å². The van der Waals surface area contributed by atoms with Crippen molar-refractivity contribution >= 4 is 25.1 Å². The number of fused-ring (bicyclic) bond motifs is 1. The monoisotopic (exact) mass is 629 g/mol. The summed E-state index contributed by atoms with van der Waals surface area (Å²) >= 11 is 0. The summed E-state index contributed by atoms with van der Waals surface area (Å²) in [5.74, 6) is 0.252. The number of para-hydroxylation sites is 1. The molecule has 1 saturated heterocycles. The van der Waals surface area contributed by atoms with Crippen LogP contribution in [0.25, 0.3) is 5.52 Å². The number of aromatic nitrogens is 3. The molecule has 0 bridgehead atoms. The summed E-state index contributed by atoms with van der Waals surface area (Å²) in [5.41, 5.74) is 3.23. The summed E-state index contributed by atoms with van der Waals surface area (Å²) in [4.78, 5) is 17.4. The highest BCUT2D eigenvalue weighted by atomic mass is 31.2. The van der Waals surface area contributed by atoms with Crippen molar-refractivity contribution in [2.75, 3.05) is 25.6 Å². The Hall–Kier alpha value is -3.06. The Morgan fingerprint density at radius 1 is 1.18 bits per heavy atom. The van der Waals surface area contributed by atoms with Crippen LogP contribution in [0.15, 0.2) is 48.8 Å². The minimum Gasteiger partial charge on any atom is -0.464 e. The first-order valence-corrected chi connectivity index (χ1v) is 16.7. The largest absolute Gasteiger partial charge is 0.464 e. The molecule has 1 aliphatic heterocycles. The lowest BCUT2D eigenvalue weighted by molar-refractivity contribution is -0.148. The molecule has 3 aromatic rings. The molecule has 14 heteroatoms. The molecule has 0 radical (unpaired) electrons. The SMILES string of the molecule is C[C@]1(COP(=O)(N[C@H](C(=O)OCC2CC2)C2CCCCC2)Oc2ccccc2)OC[C@@](O)(c2ccc3c(N)ncnn23)[C@@H]1O. The van der Waals surface area contributed by atoms with Gasteiger partial charge in [-0.15, -0.1) is 0 Å². The van der Waals surface area contributed by atoms with E-state index in [-0.39, 0.29) is 29.8 Å². The Balaban J connectivity index is 1.24. The summed E-state index contributed by atoms with van der Waals surface area (Å²) in [6.07, 6.45) is 6.28. The van der Waals surface area contributed by atoms with E-state index in [2.05, 4.69) is 15.2 Å². The Morgan fingerprint density at radius 3 is 2.66 bits per heavy atom. The number of ether oxygens (including phenoxy) is 2. The maximum atomic E-state index is 14.5. The predicted molar refractivity (Wildman–Crippen MR) is 159 cm³/mol. The number of esters is 1. The highest BCUT2D eigenvalue weighted by Gasteiger charge is 2.58. The van der Waals surface area contributed by atoms with Crippen LogP contribution in [0.1, 0.15) is 57.6 Å². The van der Waals surface area contributed by atoms with Gasteiger partial charge in [-0.1, -0.05) is 37.5 Å². The van der Waals surface area contributed by atoms with Gasteiger partial charge in [-0.25, -0.2) is 14.1 Å². The summed E-state index contributed by atoms with van der Waals surface area (Å²) in [6.45, 7) is 1.13. The number of hydrogen-bond donors (Lipinski definition) is 4. The highest BCUT2D eigenvalue weighted by Crippen LogP contribution is 2.49. The van der Waals surface area contributed by atoms with Crippen LogP contribution in [0.2, 0.25) is 0 Å². The zero-order valence-electron chi connectivity index (χ0n) is 24.7. The fourth-order valence-electron chi connectivity index (χ4n) is 6.04. The zero-order valence-corrected chi connectivity index (χ0v) is 25.6. The molecule has 238 valence electrons. The van der Waals surface area contributed by atoms with Gasteiger partial charge in [-0.05, 0) is 68.7 Å². The van der Waals surface area contributed by atoms with Crippen molar-refractivity contribution in [3.05, 3.63) is 54.5 Å². The summed E-state index contributed by atoms with van der Waals surface area (Å²) < 4.78 is 39.4. The third-order valence-electron chi connectivity index (χ3n) is 8.90. The first kappa shape index (κ1) is 30.9. The van der Waals surface area contributed by atoms with E-state index in [9.17, 15) is 19.6 Å². The minimum absolute atomic E-state index is 0.113. The normalized spacial score (nSPS) is 28.0. The quantitative estimate of drug-likeness (QED) is 0.170. The summed E-state index contributed by atoms with van der Waals surface area (Å²) in [5, 5.41) is 30.3. The molecule has 44 heavy (non-hydrogen) atoms. The number of nitrogens with one attached hydrogen (secondary N) is 1. The van der Waals surface area contributed by atoms with Crippen LogP contribution in [-0.2, 0) is 29.0 Å². The lowest BCUT2D eigenvalue weighted by Gasteiger charge is -2.34. The van der Waals surface area contributed by atoms with Gasteiger partial charge in [0.05, 0.1) is 25.5 Å². The minimum atomic E-state index is -4.28. The third-order valence-corrected chi connectivity index (χ3v) is 10.4. The van der Waals surface area contributed by atoms with E-state index in [1.165, 1.54) is 10.8 Å². The summed E-state index contributed by atoms with van der Waals surface area (Å²) in [7, 11) is -4.28. The van der Waals surface area contributed by atoms with Gasteiger partial charge < -0.3 is 29.9 Å². The van der Waals surface area contributed by atoms with Gasteiger partial charge in [0.2, 0.25) is 0 Å². The molecule has 2 aliphatic carbocycles. The molecule has 0 amide bonds. The molecule has 1 aromatic carbocycles. The molecule has 6 rings (SSSR count). The van der Waals surface area contributed by atoms with E-state index in [1.54, 1.807) is 49.4 Å². The van der Waals surface area contributed by atoms with Crippen molar-refractivity contribution in [1.29, 1.82) is 0 Å². The maximum Gasteiger partial charge on any atom is 0.459 e. The second kappa shape index (κ2) is 12.4. The number of hydrogen-bond acceptors (Lipinski definition) is 11. The van der Waals surface area contributed by atoms with E-state index in [4.69, 9.17) is 24.3 Å². The van der Waals surface area contributed by atoms with Crippen LogP contribution < -0.4 is 15.3 Å². The first-order chi connectivity index (χ1) is 21.1. The average Bonchev–Trinajstić information content (AvgIpc) is 3.71. The molecule has 3 heterocycles. The van der Waals surface area contributed by atoms with E-state index < -0.39 is 43.7 Å². The van der Waals surface area contributed by atoms with Gasteiger partial charge in [0, 0.05) is 0 Å². The fourth-order valence-corrected chi connectivity index (χ4v) is 7.70. The van der Waals surface area contributed by atoms with Crippen LogP contribution in [-0.4, -0.2) is 68.3 Å². The molecule has 3 fully saturated rings. The zero-order chi connectivity index (χ0) is 31.0. The number of aliphatic hydroxyl groups excluding tert-OH is 1. The number of nitrogens with zero attached hydrogens (tertiary/aromatic N) is 3. The summed E-state index contributed by atoms with van der Waals surface area (Å²) in [6, 6.07) is 10.8. The average molecular weight is 630 g/mol.